The van der Waals surface area contributed by atoms with E-state index in [9.17, 15) is 26.3 Å². The van der Waals surface area contributed by atoms with E-state index in [2.05, 4.69) is 27.1 Å². The van der Waals surface area contributed by atoms with Crippen molar-refractivity contribution in [1.82, 2.24) is 15.4 Å². The van der Waals surface area contributed by atoms with E-state index in [0.717, 1.165) is 0 Å². The summed E-state index contributed by atoms with van der Waals surface area (Å²) < 4.78 is 84.3. The van der Waals surface area contributed by atoms with Gasteiger partial charge in [0.1, 0.15) is 23.7 Å². The fraction of sp³-hybridized carbons (Fsp3) is 0.250. The number of hydrogen-bond acceptors (Lipinski definition) is 4. The van der Waals surface area contributed by atoms with Crippen molar-refractivity contribution in [3.05, 3.63) is 64.3 Å². The van der Waals surface area contributed by atoms with Gasteiger partial charge in [0.15, 0.2) is 0 Å². The summed E-state index contributed by atoms with van der Waals surface area (Å²) in [6.07, 6.45) is -9.61. The van der Waals surface area contributed by atoms with Gasteiger partial charge >= 0.3 is 12.4 Å². The lowest BCUT2D eigenvalue weighted by molar-refractivity contribution is -0.142. The number of rotatable bonds is 6. The molecule has 31 heavy (non-hydrogen) atoms. The Kier molecular flexibility index (Phi) is 6.05. The molecule has 164 valence electrons. The minimum Gasteiger partial charge on any atom is -0.489 e. The molecule has 0 atom stereocenters. The van der Waals surface area contributed by atoms with Crippen molar-refractivity contribution in [1.29, 1.82) is 0 Å². The molecule has 0 aliphatic carbocycles. The fourth-order valence-electron chi connectivity index (χ4n) is 3.03. The van der Waals surface area contributed by atoms with Crippen LogP contribution < -0.4 is 4.74 Å². The van der Waals surface area contributed by atoms with Crippen LogP contribution in [0.15, 0.2) is 41.4 Å². The van der Waals surface area contributed by atoms with Crippen LogP contribution in [0.5, 0.6) is 5.75 Å². The molecule has 0 bridgehead atoms. The summed E-state index contributed by atoms with van der Waals surface area (Å²) in [5.41, 5.74) is -0.908. The first-order chi connectivity index (χ1) is 14.5. The maximum absolute atomic E-state index is 13.3. The number of benzene rings is 2. The van der Waals surface area contributed by atoms with Crippen LogP contribution in [0.1, 0.15) is 27.9 Å². The Morgan fingerprint density at radius 3 is 2.42 bits per heavy atom. The summed E-state index contributed by atoms with van der Waals surface area (Å²) in [7, 11) is 0. The predicted molar refractivity (Wildman–Crippen MR) is 101 cm³/mol. The van der Waals surface area contributed by atoms with E-state index in [4.69, 9.17) is 4.74 Å². The number of halogens is 6. The molecule has 1 aromatic heterocycles. The third-order valence-electron chi connectivity index (χ3n) is 4.54. The highest BCUT2D eigenvalue weighted by Gasteiger charge is 2.37. The maximum atomic E-state index is 13.3. The first-order valence-electron chi connectivity index (χ1n) is 8.84. The van der Waals surface area contributed by atoms with Gasteiger partial charge in [-0.2, -0.15) is 41.8 Å². The van der Waals surface area contributed by atoms with Crippen molar-refractivity contribution in [2.24, 2.45) is 4.99 Å². The largest absolute Gasteiger partial charge is 0.489 e. The number of hydrogen-bond donors (Lipinski definition) is 1. The molecule has 0 aliphatic rings. The van der Waals surface area contributed by atoms with E-state index >= 15 is 0 Å². The van der Waals surface area contributed by atoms with Gasteiger partial charge in [-0.1, -0.05) is 12.1 Å². The quantitative estimate of drug-likeness (QED) is 0.400. The Hall–Kier alpha value is -3.37. The average Bonchev–Trinajstić information content (AvgIpc) is 3.14. The Morgan fingerprint density at radius 2 is 1.77 bits per heavy atom. The van der Waals surface area contributed by atoms with Gasteiger partial charge in [0, 0.05) is 16.7 Å². The SMILES string of the molecule is C=NCc1n[nH]nc1-c1cccc(OCc2cc(C(F)(F)F)ccc2C(F)(F)F)c1C. The van der Waals surface area contributed by atoms with Gasteiger partial charge in [-0.25, -0.2) is 0 Å². The highest BCUT2D eigenvalue weighted by Crippen LogP contribution is 2.37. The molecule has 0 aliphatic heterocycles. The van der Waals surface area contributed by atoms with Crippen LogP contribution in [0.4, 0.5) is 26.3 Å². The molecule has 11 heteroatoms. The molecule has 2 aromatic carbocycles. The Bertz CT molecular complexity index is 1090. The Balaban J connectivity index is 1.94. The first-order valence-corrected chi connectivity index (χ1v) is 8.84. The number of ether oxygens (including phenoxy) is 1. The van der Waals surface area contributed by atoms with Gasteiger partial charge in [0.05, 0.1) is 17.7 Å². The minimum atomic E-state index is -4.83. The number of alkyl halides is 6. The van der Waals surface area contributed by atoms with Gasteiger partial charge in [-0.3, -0.25) is 4.99 Å². The van der Waals surface area contributed by atoms with Gasteiger partial charge in [0.25, 0.3) is 0 Å². The number of aliphatic imine (C=N–C) groups is 1. The lowest BCUT2D eigenvalue weighted by Crippen LogP contribution is -2.14. The molecule has 3 rings (SSSR count). The van der Waals surface area contributed by atoms with Crippen molar-refractivity contribution < 1.29 is 31.1 Å². The van der Waals surface area contributed by atoms with Crippen LogP contribution in [0.25, 0.3) is 11.3 Å². The minimum absolute atomic E-state index is 0.190. The van der Waals surface area contributed by atoms with E-state index in [1.807, 2.05) is 0 Å². The van der Waals surface area contributed by atoms with E-state index in [-0.39, 0.29) is 12.3 Å². The number of nitrogens with zero attached hydrogens (tertiary/aromatic N) is 3. The Morgan fingerprint density at radius 1 is 1.03 bits per heavy atom. The second-order valence-corrected chi connectivity index (χ2v) is 6.59. The van der Waals surface area contributed by atoms with Crippen LogP contribution in [-0.2, 0) is 25.5 Å². The highest BCUT2D eigenvalue weighted by atomic mass is 19.4. The second kappa shape index (κ2) is 8.40. The molecule has 0 saturated heterocycles. The molecule has 1 N–H and O–H groups in total. The second-order valence-electron chi connectivity index (χ2n) is 6.59. The zero-order chi connectivity index (χ0) is 22.8. The molecular weight excluding hydrogens is 426 g/mol. The predicted octanol–water partition coefficient (Wildman–Crippen LogP) is 5.60. The third kappa shape index (κ3) is 4.86. The molecule has 0 spiro atoms. The van der Waals surface area contributed by atoms with Crippen LogP contribution >= 0.6 is 0 Å². The van der Waals surface area contributed by atoms with E-state index < -0.39 is 35.6 Å². The fourth-order valence-corrected chi connectivity index (χ4v) is 3.03. The summed E-state index contributed by atoms with van der Waals surface area (Å²) >= 11 is 0. The highest BCUT2D eigenvalue weighted by molar-refractivity contribution is 5.68. The van der Waals surface area contributed by atoms with Crippen LogP contribution in [0, 0.1) is 6.92 Å². The van der Waals surface area contributed by atoms with Crippen LogP contribution in [0.3, 0.4) is 0 Å². The molecule has 0 amide bonds. The molecular formula is C20H16F6N4O. The maximum Gasteiger partial charge on any atom is 0.416 e. The molecule has 0 saturated carbocycles. The van der Waals surface area contributed by atoms with Crippen molar-refractivity contribution in [2.75, 3.05) is 0 Å². The molecule has 3 aromatic rings. The van der Waals surface area contributed by atoms with Crippen molar-refractivity contribution in [3.63, 3.8) is 0 Å². The number of nitrogens with one attached hydrogen (secondary N) is 1. The van der Waals surface area contributed by atoms with Crippen LogP contribution in [0.2, 0.25) is 0 Å². The zero-order valence-corrected chi connectivity index (χ0v) is 16.1. The van der Waals surface area contributed by atoms with E-state index in [1.165, 1.54) is 6.07 Å². The third-order valence-corrected chi connectivity index (χ3v) is 4.54. The smallest absolute Gasteiger partial charge is 0.416 e. The van der Waals surface area contributed by atoms with E-state index in [0.29, 0.717) is 40.7 Å². The summed E-state index contributed by atoms with van der Waals surface area (Å²) in [5.74, 6) is 0.198. The topological polar surface area (TPSA) is 63.2 Å². The average molecular weight is 442 g/mol. The molecule has 0 radical (unpaired) electrons. The lowest BCUT2D eigenvalue weighted by Gasteiger charge is -2.17. The zero-order valence-electron chi connectivity index (χ0n) is 16.1. The molecule has 0 fully saturated rings. The van der Waals surface area contributed by atoms with Crippen LogP contribution in [-0.4, -0.2) is 22.1 Å². The number of H-pyrrole nitrogens is 1. The summed E-state index contributed by atoms with van der Waals surface area (Å²) in [5, 5.41) is 10.5. The Labute approximate surface area is 172 Å². The van der Waals surface area contributed by atoms with Crippen molar-refractivity contribution in [2.45, 2.75) is 32.4 Å². The molecule has 0 unspecified atom stereocenters. The van der Waals surface area contributed by atoms with Crippen molar-refractivity contribution >= 4 is 6.72 Å². The standard InChI is InChI=1S/C20H16F6N4O/c1-11-14(18-16(9-27-2)28-30-29-18)4-3-5-17(11)31-10-12-8-13(19(21,22)23)6-7-15(12)20(24,25)26/h3-8H,2,9-10H2,1H3,(H,28,29,30). The monoisotopic (exact) mass is 442 g/mol. The van der Waals surface area contributed by atoms with Gasteiger partial charge in [-0.05, 0) is 37.9 Å². The normalized spacial score (nSPS) is 12.1. The van der Waals surface area contributed by atoms with Gasteiger partial charge < -0.3 is 4.74 Å². The van der Waals surface area contributed by atoms with E-state index in [1.54, 1.807) is 19.1 Å². The van der Waals surface area contributed by atoms with Gasteiger partial charge in [0.2, 0.25) is 0 Å². The summed E-state index contributed by atoms with van der Waals surface area (Å²) in [4.78, 5) is 3.75. The first kappa shape index (κ1) is 22.3. The number of aromatic amines is 1. The molecule has 5 nitrogen and oxygen atoms in total. The summed E-state index contributed by atoms with van der Waals surface area (Å²) in [6.45, 7) is 4.54. The lowest BCUT2D eigenvalue weighted by atomic mass is 10.0. The summed E-state index contributed by atoms with van der Waals surface area (Å²) in [6, 6.07) is 6.07. The van der Waals surface area contributed by atoms with Crippen molar-refractivity contribution in [3.8, 4) is 17.0 Å². The molecule has 1 heterocycles. The van der Waals surface area contributed by atoms with Gasteiger partial charge in [-0.15, -0.1) is 0 Å². The number of aromatic nitrogens is 3.